The van der Waals surface area contributed by atoms with Gasteiger partial charge in [-0.1, -0.05) is 24.3 Å². The van der Waals surface area contributed by atoms with Crippen LogP contribution in [0.4, 0.5) is 13.2 Å². The number of rotatable bonds is 8. The third-order valence-corrected chi connectivity index (χ3v) is 8.44. The van der Waals surface area contributed by atoms with E-state index in [0.717, 1.165) is 27.1 Å². The topological polar surface area (TPSA) is 114 Å². The van der Waals surface area contributed by atoms with Crippen LogP contribution in [0.2, 0.25) is 0 Å². The van der Waals surface area contributed by atoms with Crippen molar-refractivity contribution in [3.05, 3.63) is 75.7 Å². The average molecular weight is 671 g/mol. The number of carbonyl (C=O) groups excluding carboxylic acids is 2. The number of nitrogens with zero attached hydrogens (tertiary/aromatic N) is 4. The van der Waals surface area contributed by atoms with Gasteiger partial charge in [-0.2, -0.15) is 0 Å². The highest BCUT2D eigenvalue weighted by Gasteiger charge is 2.34. The Morgan fingerprint density at radius 3 is 2.28 bits per heavy atom. The van der Waals surface area contributed by atoms with Crippen molar-refractivity contribution >= 4 is 29.0 Å². The minimum Gasteiger partial charge on any atom is -0.482 e. The Kier molecular flexibility index (Phi) is 9.18. The number of alkyl halides is 3. The summed E-state index contributed by atoms with van der Waals surface area (Å²) in [5.41, 5.74) is 2.96. The Morgan fingerprint density at radius 1 is 0.957 bits per heavy atom. The normalized spacial score (nSPS) is 14.4. The Morgan fingerprint density at radius 2 is 1.64 bits per heavy atom. The van der Waals surface area contributed by atoms with Gasteiger partial charge in [-0.05, 0) is 64.8 Å². The van der Waals surface area contributed by atoms with Crippen LogP contribution in [0, 0.1) is 20.8 Å². The maximum atomic E-state index is 13.5. The summed E-state index contributed by atoms with van der Waals surface area (Å²) in [5.74, 6) is -0.492. The van der Waals surface area contributed by atoms with Crippen molar-refractivity contribution in [2.75, 3.05) is 13.7 Å². The number of carbonyl (C=O) groups is 2. The summed E-state index contributed by atoms with van der Waals surface area (Å²) < 4.78 is 62.2. The number of benzene rings is 2. The molecule has 5 rings (SSSR count). The van der Waals surface area contributed by atoms with Crippen molar-refractivity contribution in [2.24, 2.45) is 4.99 Å². The molecule has 10 nitrogen and oxygen atoms in total. The van der Waals surface area contributed by atoms with Gasteiger partial charge in [-0.25, -0.2) is 4.79 Å². The van der Waals surface area contributed by atoms with Gasteiger partial charge in [0.05, 0.1) is 19.2 Å². The van der Waals surface area contributed by atoms with Gasteiger partial charge in [0.25, 0.3) is 0 Å². The molecule has 0 amide bonds. The van der Waals surface area contributed by atoms with E-state index in [1.807, 2.05) is 25.3 Å². The second-order valence-electron chi connectivity index (χ2n) is 11.8. The third kappa shape index (κ3) is 7.48. The molecule has 0 aliphatic carbocycles. The molecule has 1 aliphatic heterocycles. The first-order valence-corrected chi connectivity index (χ1v) is 15.4. The zero-order valence-corrected chi connectivity index (χ0v) is 27.6. The number of methoxy groups -OCH3 is 1. The van der Waals surface area contributed by atoms with Crippen molar-refractivity contribution in [1.29, 1.82) is 0 Å². The third-order valence-electron chi connectivity index (χ3n) is 7.25. The second kappa shape index (κ2) is 12.8. The number of hydrogen-bond donors (Lipinski definition) is 0. The smallest absolute Gasteiger partial charge is 0.482 e. The molecule has 2 aromatic heterocycles. The van der Waals surface area contributed by atoms with Crippen LogP contribution in [0.15, 0.2) is 47.5 Å². The molecule has 0 unspecified atom stereocenters. The van der Waals surface area contributed by atoms with Crippen LogP contribution in [0.1, 0.15) is 66.5 Å². The molecule has 0 fully saturated rings. The number of hydrogen-bond acceptors (Lipinski definition) is 10. The van der Waals surface area contributed by atoms with Gasteiger partial charge in [0.1, 0.15) is 34.0 Å². The van der Waals surface area contributed by atoms with E-state index in [1.54, 1.807) is 56.4 Å². The molecule has 2 aromatic carbocycles. The van der Waals surface area contributed by atoms with Gasteiger partial charge in [-0.15, -0.1) is 34.7 Å². The molecular weight excluding hydrogens is 637 g/mol. The second-order valence-corrected chi connectivity index (χ2v) is 13.0. The van der Waals surface area contributed by atoms with Crippen LogP contribution < -0.4 is 9.47 Å². The fourth-order valence-corrected chi connectivity index (χ4v) is 6.34. The summed E-state index contributed by atoms with van der Waals surface area (Å²) in [7, 11) is 1.30. The van der Waals surface area contributed by atoms with Crippen molar-refractivity contribution in [2.45, 2.75) is 66.0 Å². The molecule has 248 valence electrons. The van der Waals surface area contributed by atoms with Crippen LogP contribution in [0.25, 0.3) is 16.1 Å². The summed E-state index contributed by atoms with van der Waals surface area (Å²) in [6.07, 6.45) is -5.05. The summed E-state index contributed by atoms with van der Waals surface area (Å²) in [6.45, 7) is 10.4. The number of aromatic nitrogens is 3. The molecule has 3 heterocycles. The number of halogens is 3. The average Bonchev–Trinajstić information content (AvgIpc) is 3.46. The molecule has 1 atom stereocenters. The van der Waals surface area contributed by atoms with Crippen molar-refractivity contribution in [3.8, 4) is 27.6 Å². The lowest BCUT2D eigenvalue weighted by molar-refractivity contribution is -0.274. The zero-order valence-electron chi connectivity index (χ0n) is 26.8. The Balaban J connectivity index is 1.53. The number of aliphatic imine (C=N–C) groups is 1. The van der Waals surface area contributed by atoms with E-state index in [1.165, 1.54) is 19.2 Å². The summed E-state index contributed by atoms with van der Waals surface area (Å²) in [5, 5.41) is 9.46. The molecule has 0 saturated carbocycles. The number of thiophene rings is 1. The lowest BCUT2D eigenvalue weighted by atomic mass is 9.96. The molecule has 0 spiro atoms. The van der Waals surface area contributed by atoms with Crippen LogP contribution in [-0.2, 0) is 19.1 Å². The minimum atomic E-state index is -4.98. The van der Waals surface area contributed by atoms with Crippen molar-refractivity contribution in [1.82, 2.24) is 14.8 Å². The lowest BCUT2D eigenvalue weighted by Crippen LogP contribution is -2.27. The van der Waals surface area contributed by atoms with Gasteiger partial charge in [0.15, 0.2) is 12.4 Å². The highest BCUT2D eigenvalue weighted by Crippen LogP contribution is 2.41. The number of ether oxygens (including phenoxy) is 4. The number of aryl methyl sites for hydroxylation is 2. The summed E-state index contributed by atoms with van der Waals surface area (Å²) >= 11 is 1.56. The van der Waals surface area contributed by atoms with Gasteiger partial charge in [0.2, 0.25) is 0 Å². The van der Waals surface area contributed by atoms with Crippen molar-refractivity contribution < 1.29 is 41.7 Å². The largest absolute Gasteiger partial charge is 0.573 e. The summed E-state index contributed by atoms with van der Waals surface area (Å²) in [6, 6.07) is 10.1. The van der Waals surface area contributed by atoms with Gasteiger partial charge in [-0.3, -0.25) is 14.4 Å². The quantitative estimate of drug-likeness (QED) is 0.184. The fourth-order valence-electron chi connectivity index (χ4n) is 5.13. The Hall–Kier alpha value is -4.72. The van der Waals surface area contributed by atoms with Crippen LogP contribution >= 0.6 is 11.3 Å². The fraction of sp³-hybridized carbons (Fsp3) is 0.364. The van der Waals surface area contributed by atoms with E-state index in [4.69, 9.17) is 19.2 Å². The molecule has 14 heteroatoms. The molecule has 0 saturated heterocycles. The van der Waals surface area contributed by atoms with Crippen molar-refractivity contribution in [3.63, 3.8) is 0 Å². The van der Waals surface area contributed by atoms with Crippen LogP contribution in [0.3, 0.4) is 0 Å². The molecule has 0 N–H and O–H groups in total. The molecule has 0 bridgehead atoms. The van der Waals surface area contributed by atoms with E-state index >= 15 is 0 Å². The highest BCUT2D eigenvalue weighted by atomic mass is 32.1. The molecule has 47 heavy (non-hydrogen) atoms. The summed E-state index contributed by atoms with van der Waals surface area (Å²) in [4.78, 5) is 30.5. The monoisotopic (exact) mass is 670 g/mol. The molecule has 4 aromatic rings. The lowest BCUT2D eigenvalue weighted by Gasteiger charge is -2.20. The Labute approximate surface area is 273 Å². The predicted octanol–water partition coefficient (Wildman–Crippen LogP) is 7.00. The Bertz CT molecular complexity index is 1860. The molecular formula is C33H33F3N4O6S. The molecule has 1 aliphatic rings. The van der Waals surface area contributed by atoms with Gasteiger partial charge >= 0.3 is 18.3 Å². The predicted molar refractivity (Wildman–Crippen MR) is 168 cm³/mol. The van der Waals surface area contributed by atoms with Crippen LogP contribution in [-0.4, -0.2) is 58.1 Å². The minimum absolute atomic E-state index is 0.00179. The van der Waals surface area contributed by atoms with Crippen LogP contribution in [0.5, 0.6) is 11.5 Å². The van der Waals surface area contributed by atoms with E-state index < -0.39 is 42.3 Å². The van der Waals surface area contributed by atoms with E-state index in [9.17, 15) is 22.8 Å². The van der Waals surface area contributed by atoms with E-state index in [-0.39, 0.29) is 17.7 Å². The first-order valence-electron chi connectivity index (χ1n) is 14.6. The van der Waals surface area contributed by atoms with E-state index in [0.29, 0.717) is 28.5 Å². The highest BCUT2D eigenvalue weighted by molar-refractivity contribution is 7.15. The number of esters is 2. The maximum Gasteiger partial charge on any atom is 0.573 e. The SMILES string of the molecule is COC(=O)C[C@@H]1N=C(c2ccc(-c3ccc(OCC(=O)OC(C)(C)C)cc3OC(F)(F)F)cc2)c2c(sc(C)c2C)-n2c(C)nnc21. The van der Waals surface area contributed by atoms with Gasteiger partial charge in [0, 0.05) is 27.6 Å². The standard InChI is InChI=1S/C33H33F3N4O6S/c1-17-18(2)47-31-28(17)29(37-24(15-26(41)43-7)30-39-38-19(3)40(30)31)21-10-8-20(9-11-21)23-13-12-22(14-25(23)45-33(34,35)36)44-16-27(42)46-32(4,5)6/h8-14,24H,15-16H2,1-7H3/t24-/m0/s1. The zero-order chi connectivity index (χ0) is 34.3. The first kappa shape index (κ1) is 33.6. The molecule has 0 radical (unpaired) electrons. The first-order chi connectivity index (χ1) is 22.0. The van der Waals surface area contributed by atoms with Gasteiger partial charge < -0.3 is 18.9 Å². The number of fused-ring (bicyclic) bond motifs is 3. The maximum absolute atomic E-state index is 13.5. The van der Waals surface area contributed by atoms with E-state index in [2.05, 4.69) is 14.9 Å².